The van der Waals surface area contributed by atoms with Crippen LogP contribution in [0.25, 0.3) is 0 Å². The predicted molar refractivity (Wildman–Crippen MR) is 93.7 cm³/mol. The van der Waals surface area contributed by atoms with E-state index in [-0.39, 0.29) is 24.5 Å². The summed E-state index contributed by atoms with van der Waals surface area (Å²) in [5.74, 6) is -0.274. The van der Waals surface area contributed by atoms with Gasteiger partial charge in [-0.3, -0.25) is 4.79 Å². The fourth-order valence-corrected chi connectivity index (χ4v) is 3.18. The highest BCUT2D eigenvalue weighted by Crippen LogP contribution is 2.30. The summed E-state index contributed by atoms with van der Waals surface area (Å²) >= 11 is 0. The van der Waals surface area contributed by atoms with E-state index in [0.717, 1.165) is 32.2 Å². The van der Waals surface area contributed by atoms with Crippen molar-refractivity contribution in [1.29, 1.82) is 0 Å². The van der Waals surface area contributed by atoms with Crippen molar-refractivity contribution in [2.45, 2.75) is 52.0 Å². The molecule has 1 aliphatic heterocycles. The van der Waals surface area contributed by atoms with Gasteiger partial charge in [0.25, 0.3) is 0 Å². The summed E-state index contributed by atoms with van der Waals surface area (Å²) in [6.45, 7) is 5.29. The molecule has 0 bridgehead atoms. The van der Waals surface area contributed by atoms with E-state index in [1.807, 2.05) is 11.0 Å². The Kier molecular flexibility index (Phi) is 7.09. The number of hydrogen-bond acceptors (Lipinski definition) is 3. The molecule has 1 heterocycles. The van der Waals surface area contributed by atoms with Crippen molar-refractivity contribution in [1.82, 2.24) is 10.2 Å². The van der Waals surface area contributed by atoms with Crippen LogP contribution in [-0.2, 0) is 9.53 Å². The molecule has 1 N–H and O–H groups in total. The maximum absolute atomic E-state index is 12.6. The third kappa shape index (κ3) is 5.25. The minimum atomic E-state index is -0.274. The summed E-state index contributed by atoms with van der Waals surface area (Å²) in [5.41, 5.74) is 2.40. The van der Waals surface area contributed by atoms with Gasteiger partial charge in [-0.05, 0) is 32.3 Å². The van der Waals surface area contributed by atoms with E-state index < -0.39 is 0 Å². The Balaban J connectivity index is 2.00. The monoisotopic (exact) mass is 332 g/mol. The second kappa shape index (κ2) is 9.30. The largest absolute Gasteiger partial charge is 0.466 e. The molecular weight excluding hydrogens is 304 g/mol. The Morgan fingerprint density at radius 2 is 2.12 bits per heavy atom. The number of aryl methyl sites for hydroxylation is 1. The minimum absolute atomic E-state index is 0.0901. The normalized spacial score (nSPS) is 17.9. The number of benzene rings is 1. The van der Waals surface area contributed by atoms with Crippen LogP contribution in [0.15, 0.2) is 24.3 Å². The van der Waals surface area contributed by atoms with Crippen LogP contribution in [0.4, 0.5) is 4.79 Å². The molecule has 0 radical (unpaired) electrons. The standard InChI is InChI=1S/C19H28N2O3/c1-3-24-18(22)11-12-20-19(23)21-13-6-4-5-10-17(21)16-9-7-8-15(2)14-16/h7-9,14,17H,3-6,10-13H2,1-2H3,(H,20,23)/t17-/m0/s1. The Hall–Kier alpha value is -2.04. The third-order valence-corrected chi connectivity index (χ3v) is 4.35. The van der Waals surface area contributed by atoms with E-state index in [4.69, 9.17) is 4.74 Å². The lowest BCUT2D eigenvalue weighted by atomic mass is 9.99. The van der Waals surface area contributed by atoms with Gasteiger partial charge < -0.3 is 15.0 Å². The Morgan fingerprint density at radius 1 is 1.29 bits per heavy atom. The summed E-state index contributed by atoms with van der Waals surface area (Å²) in [7, 11) is 0. The first kappa shape index (κ1) is 18.3. The zero-order valence-corrected chi connectivity index (χ0v) is 14.7. The molecule has 5 nitrogen and oxygen atoms in total. The third-order valence-electron chi connectivity index (χ3n) is 4.35. The molecule has 0 aromatic heterocycles. The number of urea groups is 1. The molecular formula is C19H28N2O3. The van der Waals surface area contributed by atoms with Crippen molar-refractivity contribution in [3.8, 4) is 0 Å². The van der Waals surface area contributed by atoms with Crippen LogP contribution in [0.1, 0.15) is 56.2 Å². The number of ether oxygens (including phenoxy) is 1. The average Bonchev–Trinajstić information content (AvgIpc) is 2.81. The van der Waals surface area contributed by atoms with E-state index in [2.05, 4.69) is 30.4 Å². The lowest BCUT2D eigenvalue weighted by Crippen LogP contribution is -2.43. The van der Waals surface area contributed by atoms with E-state index in [9.17, 15) is 9.59 Å². The molecule has 1 fully saturated rings. The molecule has 132 valence electrons. The van der Waals surface area contributed by atoms with Gasteiger partial charge in [0.1, 0.15) is 0 Å². The quantitative estimate of drug-likeness (QED) is 0.839. The number of hydrogen-bond donors (Lipinski definition) is 1. The van der Waals surface area contributed by atoms with Gasteiger partial charge >= 0.3 is 12.0 Å². The van der Waals surface area contributed by atoms with E-state index >= 15 is 0 Å². The molecule has 0 spiro atoms. The molecule has 0 aliphatic carbocycles. The van der Waals surface area contributed by atoms with Crippen LogP contribution in [-0.4, -0.2) is 36.6 Å². The lowest BCUT2D eigenvalue weighted by Gasteiger charge is -2.30. The molecule has 0 unspecified atom stereocenters. The molecule has 24 heavy (non-hydrogen) atoms. The molecule has 0 saturated carbocycles. The van der Waals surface area contributed by atoms with Crippen LogP contribution in [0, 0.1) is 6.92 Å². The molecule has 1 aromatic rings. The second-order valence-corrected chi connectivity index (χ2v) is 6.26. The van der Waals surface area contributed by atoms with Gasteiger partial charge in [-0.2, -0.15) is 0 Å². The lowest BCUT2D eigenvalue weighted by molar-refractivity contribution is -0.142. The predicted octanol–water partition coefficient (Wildman–Crippen LogP) is 3.57. The number of amides is 2. The van der Waals surface area contributed by atoms with Gasteiger partial charge in [-0.15, -0.1) is 0 Å². The molecule has 5 heteroatoms. The van der Waals surface area contributed by atoms with E-state index in [1.54, 1.807) is 6.92 Å². The van der Waals surface area contributed by atoms with Crippen LogP contribution in [0.2, 0.25) is 0 Å². The van der Waals surface area contributed by atoms with Crippen LogP contribution < -0.4 is 5.32 Å². The highest BCUT2D eigenvalue weighted by atomic mass is 16.5. The number of carbonyl (C=O) groups excluding carboxylic acids is 2. The van der Waals surface area contributed by atoms with E-state index in [0.29, 0.717) is 13.2 Å². The summed E-state index contributed by atoms with van der Waals surface area (Å²) in [5, 5.41) is 2.87. The second-order valence-electron chi connectivity index (χ2n) is 6.26. The molecule has 1 aliphatic rings. The maximum atomic E-state index is 12.6. The Bertz CT molecular complexity index is 559. The summed E-state index contributed by atoms with van der Waals surface area (Å²) in [4.78, 5) is 25.9. The highest BCUT2D eigenvalue weighted by Gasteiger charge is 2.26. The number of nitrogens with one attached hydrogen (secondary N) is 1. The zero-order valence-electron chi connectivity index (χ0n) is 14.7. The summed E-state index contributed by atoms with van der Waals surface area (Å²) < 4.78 is 4.89. The summed E-state index contributed by atoms with van der Waals surface area (Å²) in [6.07, 6.45) is 4.49. The van der Waals surface area contributed by atoms with Crippen LogP contribution >= 0.6 is 0 Å². The van der Waals surface area contributed by atoms with Crippen molar-refractivity contribution in [3.63, 3.8) is 0 Å². The first-order chi connectivity index (χ1) is 11.6. The first-order valence-corrected chi connectivity index (χ1v) is 8.88. The summed E-state index contributed by atoms with van der Waals surface area (Å²) in [6, 6.07) is 8.40. The van der Waals surface area contributed by atoms with Gasteiger partial charge in [0.2, 0.25) is 0 Å². The first-order valence-electron chi connectivity index (χ1n) is 8.88. The van der Waals surface area contributed by atoms with Crippen molar-refractivity contribution in [2.24, 2.45) is 0 Å². The van der Waals surface area contributed by atoms with Gasteiger partial charge in [-0.25, -0.2) is 4.79 Å². The van der Waals surface area contributed by atoms with Crippen molar-refractivity contribution in [3.05, 3.63) is 35.4 Å². The SMILES string of the molecule is CCOC(=O)CCNC(=O)N1CCCCC[C@H]1c1cccc(C)c1. The molecule has 1 aromatic carbocycles. The minimum Gasteiger partial charge on any atom is -0.466 e. The van der Waals surface area contributed by atoms with Gasteiger partial charge in [0.05, 0.1) is 19.1 Å². The van der Waals surface area contributed by atoms with Crippen LogP contribution in [0.3, 0.4) is 0 Å². The number of likely N-dealkylation sites (tertiary alicyclic amines) is 1. The number of rotatable bonds is 5. The molecule has 1 saturated heterocycles. The van der Waals surface area contributed by atoms with Crippen molar-refractivity contribution < 1.29 is 14.3 Å². The smallest absolute Gasteiger partial charge is 0.317 e. The zero-order chi connectivity index (χ0) is 17.4. The number of esters is 1. The number of carbonyl (C=O) groups is 2. The van der Waals surface area contributed by atoms with Crippen molar-refractivity contribution >= 4 is 12.0 Å². The van der Waals surface area contributed by atoms with Gasteiger partial charge in [0, 0.05) is 13.1 Å². The Labute approximate surface area is 144 Å². The fourth-order valence-electron chi connectivity index (χ4n) is 3.18. The number of nitrogens with zero attached hydrogens (tertiary/aromatic N) is 1. The fraction of sp³-hybridized carbons (Fsp3) is 0.579. The van der Waals surface area contributed by atoms with Crippen molar-refractivity contribution in [2.75, 3.05) is 19.7 Å². The van der Waals surface area contributed by atoms with Gasteiger partial charge in [-0.1, -0.05) is 42.7 Å². The molecule has 2 rings (SSSR count). The topological polar surface area (TPSA) is 58.6 Å². The van der Waals surface area contributed by atoms with Crippen LogP contribution in [0.5, 0.6) is 0 Å². The Morgan fingerprint density at radius 3 is 2.88 bits per heavy atom. The highest BCUT2D eigenvalue weighted by molar-refractivity contribution is 5.76. The molecule has 2 amide bonds. The maximum Gasteiger partial charge on any atom is 0.317 e. The van der Waals surface area contributed by atoms with Gasteiger partial charge in [0.15, 0.2) is 0 Å². The molecule has 1 atom stereocenters. The average molecular weight is 332 g/mol. The van der Waals surface area contributed by atoms with E-state index in [1.165, 1.54) is 11.1 Å².